The highest BCUT2D eigenvalue weighted by Crippen LogP contribution is 2.23. The molecule has 0 bridgehead atoms. The summed E-state index contributed by atoms with van der Waals surface area (Å²) in [5.74, 6) is 0.218. The second-order valence-corrected chi connectivity index (χ2v) is 5.03. The molecule has 0 heterocycles. The van der Waals surface area contributed by atoms with Crippen LogP contribution < -0.4 is 5.32 Å². The third-order valence-electron chi connectivity index (χ3n) is 2.95. The number of anilines is 1. The molecule has 4 nitrogen and oxygen atoms in total. The van der Waals surface area contributed by atoms with E-state index in [4.69, 9.17) is 11.6 Å². The zero-order valence-electron chi connectivity index (χ0n) is 11.8. The molecule has 110 valence electrons. The van der Waals surface area contributed by atoms with Gasteiger partial charge in [-0.2, -0.15) is 10.2 Å². The van der Waals surface area contributed by atoms with Crippen LogP contribution in [0.2, 0.25) is 0 Å². The highest BCUT2D eigenvalue weighted by atomic mass is 35.5. The van der Waals surface area contributed by atoms with Gasteiger partial charge in [0.25, 0.3) is 0 Å². The minimum atomic E-state index is -0.552. The largest absolute Gasteiger partial charge is 0.390 e. The molecule has 0 aliphatic heterocycles. The molecule has 0 fully saturated rings. The topological polar surface area (TPSA) is 57.0 Å². The normalized spacial score (nSPS) is 12.5. The average molecular weight is 304 g/mol. The second-order valence-electron chi connectivity index (χ2n) is 4.72. The van der Waals surface area contributed by atoms with E-state index in [1.165, 1.54) is 0 Å². The Morgan fingerprint density at radius 3 is 2.48 bits per heavy atom. The summed E-state index contributed by atoms with van der Waals surface area (Å²) in [6, 6.07) is 15.4. The minimum absolute atomic E-state index is 0.218. The first kappa shape index (κ1) is 15.5. The van der Waals surface area contributed by atoms with Gasteiger partial charge in [0.2, 0.25) is 0 Å². The Hall–Kier alpha value is -1.91. The number of hydrogen-bond donors (Lipinski definition) is 2. The molecule has 5 heteroatoms. The van der Waals surface area contributed by atoms with E-state index in [0.29, 0.717) is 6.54 Å². The summed E-state index contributed by atoms with van der Waals surface area (Å²) in [6.45, 7) is 2.41. The number of rotatable bonds is 6. The molecule has 0 aliphatic carbocycles. The molecule has 0 aliphatic rings. The number of aliphatic hydroxyl groups is 1. The molecular weight excluding hydrogens is 286 g/mol. The van der Waals surface area contributed by atoms with Crippen LogP contribution >= 0.6 is 11.6 Å². The van der Waals surface area contributed by atoms with Crippen molar-refractivity contribution in [3.8, 4) is 0 Å². The lowest BCUT2D eigenvalue weighted by Crippen LogP contribution is -2.21. The molecule has 1 atom stereocenters. The summed E-state index contributed by atoms with van der Waals surface area (Å²) < 4.78 is 0. The van der Waals surface area contributed by atoms with Crippen LogP contribution in [0.5, 0.6) is 0 Å². The molecule has 0 spiro atoms. The van der Waals surface area contributed by atoms with E-state index < -0.39 is 6.10 Å². The van der Waals surface area contributed by atoms with Gasteiger partial charge in [-0.3, -0.25) is 0 Å². The van der Waals surface area contributed by atoms with Gasteiger partial charge in [0.1, 0.15) is 0 Å². The van der Waals surface area contributed by atoms with Gasteiger partial charge < -0.3 is 10.4 Å². The fraction of sp³-hybridized carbons (Fsp3) is 0.250. The van der Waals surface area contributed by atoms with Gasteiger partial charge in [-0.25, -0.2) is 0 Å². The van der Waals surface area contributed by atoms with Gasteiger partial charge in [-0.15, -0.1) is 11.6 Å². The Kier molecular flexibility index (Phi) is 5.72. The third kappa shape index (κ3) is 4.85. The fourth-order valence-electron chi connectivity index (χ4n) is 1.80. The molecule has 0 saturated carbocycles. The van der Waals surface area contributed by atoms with Crippen molar-refractivity contribution in [3.63, 3.8) is 0 Å². The molecule has 0 radical (unpaired) electrons. The standard InChI is InChI=1S/C16H18ClN3O/c1-12-9-14(20-19-13-5-3-2-4-6-13)7-8-16(12)18-11-15(21)10-17/h2-9,15,18,21H,10-11H2,1H3. The van der Waals surface area contributed by atoms with Crippen LogP contribution in [0, 0.1) is 6.92 Å². The summed E-state index contributed by atoms with van der Waals surface area (Å²) in [5.41, 5.74) is 3.61. The Morgan fingerprint density at radius 2 is 1.81 bits per heavy atom. The van der Waals surface area contributed by atoms with Gasteiger partial charge in [0.15, 0.2) is 0 Å². The first-order valence-corrected chi connectivity index (χ1v) is 7.28. The first-order valence-electron chi connectivity index (χ1n) is 6.74. The number of aliphatic hydroxyl groups excluding tert-OH is 1. The Morgan fingerprint density at radius 1 is 1.10 bits per heavy atom. The number of halogens is 1. The van der Waals surface area contributed by atoms with E-state index >= 15 is 0 Å². The highest BCUT2D eigenvalue weighted by molar-refractivity contribution is 6.18. The lowest BCUT2D eigenvalue weighted by atomic mass is 10.2. The van der Waals surface area contributed by atoms with Gasteiger partial charge in [0, 0.05) is 12.2 Å². The molecule has 0 saturated heterocycles. The molecule has 2 aromatic rings. The highest BCUT2D eigenvalue weighted by Gasteiger charge is 2.04. The molecule has 2 rings (SSSR count). The molecule has 1 unspecified atom stereocenters. The first-order chi connectivity index (χ1) is 10.2. The van der Waals surface area contributed by atoms with Crippen LogP contribution in [-0.2, 0) is 0 Å². The summed E-state index contributed by atoms with van der Waals surface area (Å²) in [4.78, 5) is 0. The maximum Gasteiger partial charge on any atom is 0.0861 e. The number of benzene rings is 2. The van der Waals surface area contributed by atoms with Crippen LogP contribution in [0.15, 0.2) is 58.8 Å². The smallest absolute Gasteiger partial charge is 0.0861 e. The number of alkyl halides is 1. The molecule has 2 N–H and O–H groups in total. The number of nitrogens with one attached hydrogen (secondary N) is 1. The van der Waals surface area contributed by atoms with Gasteiger partial charge >= 0.3 is 0 Å². The summed E-state index contributed by atoms with van der Waals surface area (Å²) in [5, 5.41) is 21.0. The predicted molar refractivity (Wildman–Crippen MR) is 87.0 cm³/mol. The van der Waals surface area contributed by atoms with Gasteiger partial charge in [-0.1, -0.05) is 18.2 Å². The van der Waals surface area contributed by atoms with Crippen LogP contribution in [0.3, 0.4) is 0 Å². The van der Waals surface area contributed by atoms with E-state index in [9.17, 15) is 5.11 Å². The second kappa shape index (κ2) is 7.76. The zero-order valence-corrected chi connectivity index (χ0v) is 12.6. The van der Waals surface area contributed by atoms with Crippen molar-refractivity contribution in [2.75, 3.05) is 17.7 Å². The summed E-state index contributed by atoms with van der Waals surface area (Å²) in [6.07, 6.45) is -0.552. The number of aryl methyl sites for hydroxylation is 1. The summed E-state index contributed by atoms with van der Waals surface area (Å²) in [7, 11) is 0. The van der Waals surface area contributed by atoms with Crippen LogP contribution in [-0.4, -0.2) is 23.6 Å². The summed E-state index contributed by atoms with van der Waals surface area (Å²) >= 11 is 5.57. The van der Waals surface area contributed by atoms with E-state index in [0.717, 1.165) is 22.6 Å². The maximum atomic E-state index is 9.45. The van der Waals surface area contributed by atoms with Crippen LogP contribution in [0.4, 0.5) is 17.1 Å². The molecule has 21 heavy (non-hydrogen) atoms. The fourth-order valence-corrected chi connectivity index (χ4v) is 1.91. The average Bonchev–Trinajstić information content (AvgIpc) is 2.52. The number of hydrogen-bond acceptors (Lipinski definition) is 4. The van der Waals surface area contributed by atoms with Crippen LogP contribution in [0.25, 0.3) is 0 Å². The maximum absolute atomic E-state index is 9.45. The zero-order chi connectivity index (χ0) is 15.1. The Bertz CT molecular complexity index is 602. The number of nitrogens with zero attached hydrogens (tertiary/aromatic N) is 2. The molecule has 0 amide bonds. The molecule has 2 aromatic carbocycles. The van der Waals surface area contributed by atoms with Crippen LogP contribution in [0.1, 0.15) is 5.56 Å². The van der Waals surface area contributed by atoms with Crippen molar-refractivity contribution < 1.29 is 5.11 Å². The Labute approximate surface area is 129 Å². The SMILES string of the molecule is Cc1cc(N=Nc2ccccc2)ccc1NCC(O)CCl. The predicted octanol–water partition coefficient (Wildman–Crippen LogP) is 4.42. The molecular formula is C16H18ClN3O. The van der Waals surface area contributed by atoms with Gasteiger partial charge in [0.05, 0.1) is 23.4 Å². The molecule has 0 aromatic heterocycles. The third-order valence-corrected chi connectivity index (χ3v) is 3.31. The number of azo groups is 1. The van der Waals surface area contributed by atoms with Crippen molar-refractivity contribution in [1.82, 2.24) is 0 Å². The van der Waals surface area contributed by atoms with Crippen molar-refractivity contribution in [3.05, 3.63) is 54.1 Å². The van der Waals surface area contributed by atoms with E-state index in [2.05, 4.69) is 15.5 Å². The van der Waals surface area contributed by atoms with Crippen molar-refractivity contribution in [1.29, 1.82) is 0 Å². The Balaban J connectivity index is 2.03. The quantitative estimate of drug-likeness (QED) is 0.613. The van der Waals surface area contributed by atoms with Crippen molar-refractivity contribution in [2.45, 2.75) is 13.0 Å². The lowest BCUT2D eigenvalue weighted by molar-refractivity contribution is 0.211. The lowest BCUT2D eigenvalue weighted by Gasteiger charge is -2.12. The van der Waals surface area contributed by atoms with Crippen molar-refractivity contribution in [2.24, 2.45) is 10.2 Å². The van der Waals surface area contributed by atoms with E-state index in [-0.39, 0.29) is 5.88 Å². The van der Waals surface area contributed by atoms with E-state index in [1.807, 2.05) is 55.5 Å². The van der Waals surface area contributed by atoms with Gasteiger partial charge in [-0.05, 0) is 42.8 Å². The minimum Gasteiger partial charge on any atom is -0.390 e. The van der Waals surface area contributed by atoms with E-state index in [1.54, 1.807) is 0 Å². The van der Waals surface area contributed by atoms with Crippen molar-refractivity contribution >= 4 is 28.7 Å². The monoisotopic (exact) mass is 303 g/mol.